The van der Waals surface area contributed by atoms with Crippen LogP contribution in [0.1, 0.15) is 35.7 Å². The van der Waals surface area contributed by atoms with Gasteiger partial charge >= 0.3 is 0 Å². The number of nitrogens with zero attached hydrogens (tertiary/aromatic N) is 2. The van der Waals surface area contributed by atoms with E-state index >= 15 is 0 Å². The van der Waals surface area contributed by atoms with E-state index in [9.17, 15) is 4.79 Å². The van der Waals surface area contributed by atoms with E-state index in [1.54, 1.807) is 12.3 Å². The lowest BCUT2D eigenvalue weighted by Gasteiger charge is -2.11. The summed E-state index contributed by atoms with van der Waals surface area (Å²) in [6, 6.07) is 11.9. The second kappa shape index (κ2) is 8.45. The van der Waals surface area contributed by atoms with Crippen molar-refractivity contribution in [2.24, 2.45) is 0 Å². The molecule has 1 aromatic heterocycles. The fourth-order valence-corrected chi connectivity index (χ4v) is 2.20. The Bertz CT molecular complexity index is 648. The molecule has 0 fully saturated rings. The van der Waals surface area contributed by atoms with Crippen LogP contribution in [-0.2, 0) is 0 Å². The minimum absolute atomic E-state index is 0.0998. The lowest BCUT2D eigenvalue weighted by atomic mass is 10.0. The monoisotopic (exact) mass is 326 g/mol. The summed E-state index contributed by atoms with van der Waals surface area (Å²) in [6.45, 7) is 5.78. The molecule has 0 aliphatic carbocycles. The van der Waals surface area contributed by atoms with E-state index in [1.165, 1.54) is 5.56 Å². The van der Waals surface area contributed by atoms with Gasteiger partial charge in [0.1, 0.15) is 5.82 Å². The molecular weight excluding hydrogens is 300 g/mol. The lowest BCUT2D eigenvalue weighted by Crippen LogP contribution is -2.31. The molecule has 5 nitrogen and oxygen atoms in total. The minimum atomic E-state index is -0.0998. The lowest BCUT2D eigenvalue weighted by molar-refractivity contribution is 0.0950. The summed E-state index contributed by atoms with van der Waals surface area (Å²) in [7, 11) is 3.95. The zero-order valence-corrected chi connectivity index (χ0v) is 14.8. The summed E-state index contributed by atoms with van der Waals surface area (Å²) >= 11 is 0. The van der Waals surface area contributed by atoms with Crippen LogP contribution in [0.15, 0.2) is 42.6 Å². The van der Waals surface area contributed by atoms with Crippen molar-refractivity contribution in [3.8, 4) is 0 Å². The van der Waals surface area contributed by atoms with Gasteiger partial charge < -0.3 is 15.5 Å². The maximum absolute atomic E-state index is 12.0. The molecule has 0 spiro atoms. The summed E-state index contributed by atoms with van der Waals surface area (Å²) in [5, 5.41) is 6.12. The molecule has 0 saturated carbocycles. The van der Waals surface area contributed by atoms with Gasteiger partial charge in [-0.3, -0.25) is 4.79 Å². The number of nitrogens with one attached hydrogen (secondary N) is 2. The van der Waals surface area contributed by atoms with Gasteiger partial charge in [0.2, 0.25) is 0 Å². The van der Waals surface area contributed by atoms with Crippen LogP contribution in [0.5, 0.6) is 0 Å². The highest BCUT2D eigenvalue weighted by Gasteiger charge is 2.06. The summed E-state index contributed by atoms with van der Waals surface area (Å²) in [4.78, 5) is 18.3. The summed E-state index contributed by atoms with van der Waals surface area (Å²) in [5.41, 5.74) is 2.85. The summed E-state index contributed by atoms with van der Waals surface area (Å²) < 4.78 is 0. The number of pyridine rings is 1. The van der Waals surface area contributed by atoms with E-state index in [1.807, 2.05) is 37.2 Å². The second-order valence-corrected chi connectivity index (χ2v) is 6.39. The number of carbonyl (C=O) groups is 1. The van der Waals surface area contributed by atoms with E-state index < -0.39 is 0 Å². The van der Waals surface area contributed by atoms with E-state index in [0.717, 1.165) is 18.1 Å². The molecule has 1 amide bonds. The van der Waals surface area contributed by atoms with Gasteiger partial charge in [-0.1, -0.05) is 26.0 Å². The van der Waals surface area contributed by atoms with E-state index in [-0.39, 0.29) is 5.91 Å². The van der Waals surface area contributed by atoms with Crippen LogP contribution >= 0.6 is 0 Å². The molecule has 2 rings (SSSR count). The molecule has 0 bridgehead atoms. The number of aromatic nitrogens is 1. The highest BCUT2D eigenvalue weighted by Crippen LogP contribution is 2.19. The van der Waals surface area contributed by atoms with Crippen LogP contribution in [0.4, 0.5) is 11.5 Å². The number of amides is 1. The van der Waals surface area contributed by atoms with Gasteiger partial charge in [-0.05, 0) is 49.8 Å². The van der Waals surface area contributed by atoms with Crippen LogP contribution in [0.2, 0.25) is 0 Å². The molecular formula is C19H26N4O. The Balaban J connectivity index is 1.92. The van der Waals surface area contributed by atoms with Crippen molar-refractivity contribution in [3.05, 3.63) is 53.7 Å². The first-order valence-corrected chi connectivity index (χ1v) is 8.21. The molecule has 1 aromatic carbocycles. The number of rotatable bonds is 7. The molecule has 5 heteroatoms. The Labute approximate surface area is 144 Å². The highest BCUT2D eigenvalue weighted by atomic mass is 16.1. The maximum atomic E-state index is 12.0. The van der Waals surface area contributed by atoms with Crippen LogP contribution in [-0.4, -0.2) is 43.0 Å². The summed E-state index contributed by atoms with van der Waals surface area (Å²) in [5.74, 6) is 1.14. The average Bonchev–Trinajstić information content (AvgIpc) is 2.55. The smallest absolute Gasteiger partial charge is 0.252 e. The third-order valence-electron chi connectivity index (χ3n) is 3.72. The van der Waals surface area contributed by atoms with Crippen LogP contribution in [0.25, 0.3) is 0 Å². The van der Waals surface area contributed by atoms with Gasteiger partial charge in [-0.15, -0.1) is 0 Å². The Morgan fingerprint density at radius 1 is 1.12 bits per heavy atom. The number of likely N-dealkylation sites (N-methyl/N-ethyl adjacent to an activating group) is 1. The van der Waals surface area contributed by atoms with Gasteiger partial charge in [0.25, 0.3) is 5.91 Å². The van der Waals surface area contributed by atoms with Gasteiger partial charge in [-0.25, -0.2) is 4.98 Å². The summed E-state index contributed by atoms with van der Waals surface area (Å²) in [6.07, 6.45) is 1.59. The first kappa shape index (κ1) is 17.9. The van der Waals surface area contributed by atoms with Crippen LogP contribution < -0.4 is 10.6 Å². The van der Waals surface area contributed by atoms with Crippen molar-refractivity contribution in [3.63, 3.8) is 0 Å². The zero-order valence-electron chi connectivity index (χ0n) is 14.8. The molecule has 2 aromatic rings. The third-order valence-corrected chi connectivity index (χ3v) is 3.72. The van der Waals surface area contributed by atoms with Crippen molar-refractivity contribution < 1.29 is 4.79 Å². The van der Waals surface area contributed by atoms with Crippen molar-refractivity contribution >= 4 is 17.4 Å². The first-order chi connectivity index (χ1) is 11.5. The highest BCUT2D eigenvalue weighted by molar-refractivity contribution is 5.94. The van der Waals surface area contributed by atoms with Gasteiger partial charge in [-0.2, -0.15) is 0 Å². The number of benzene rings is 1. The molecule has 2 N–H and O–H groups in total. The quantitative estimate of drug-likeness (QED) is 0.820. The van der Waals surface area contributed by atoms with Crippen LogP contribution in [0.3, 0.4) is 0 Å². The predicted molar refractivity (Wildman–Crippen MR) is 98.9 cm³/mol. The standard InChI is InChI=1S/C19H26N4O/c1-14(2)15-5-8-17(9-6-15)22-18-10-7-16(13-21-18)19(24)20-11-12-23(3)4/h5-10,13-14H,11-12H2,1-4H3,(H,20,24)(H,21,22). The Morgan fingerprint density at radius 3 is 2.38 bits per heavy atom. The molecule has 1 heterocycles. The van der Waals surface area contributed by atoms with E-state index in [4.69, 9.17) is 0 Å². The maximum Gasteiger partial charge on any atom is 0.252 e. The molecule has 128 valence electrons. The van der Waals surface area contributed by atoms with Crippen LogP contribution in [0, 0.1) is 0 Å². The first-order valence-electron chi connectivity index (χ1n) is 8.21. The topological polar surface area (TPSA) is 57.3 Å². The Kier molecular flexibility index (Phi) is 6.32. The van der Waals surface area contributed by atoms with Gasteiger partial charge in [0, 0.05) is 25.0 Å². The van der Waals surface area contributed by atoms with Crippen molar-refractivity contribution in [2.45, 2.75) is 19.8 Å². The molecule has 0 aliphatic rings. The fraction of sp³-hybridized carbons (Fsp3) is 0.368. The third kappa shape index (κ3) is 5.35. The average molecular weight is 326 g/mol. The second-order valence-electron chi connectivity index (χ2n) is 6.39. The number of hydrogen-bond donors (Lipinski definition) is 2. The molecule has 24 heavy (non-hydrogen) atoms. The van der Waals surface area contributed by atoms with Crippen molar-refractivity contribution in [2.75, 3.05) is 32.5 Å². The molecule has 0 atom stereocenters. The molecule has 0 unspecified atom stereocenters. The van der Waals surface area contributed by atoms with Gasteiger partial charge in [0.15, 0.2) is 0 Å². The van der Waals surface area contributed by atoms with E-state index in [0.29, 0.717) is 18.0 Å². The largest absolute Gasteiger partial charge is 0.351 e. The normalized spacial score (nSPS) is 10.9. The molecule has 0 saturated heterocycles. The zero-order chi connectivity index (χ0) is 17.5. The van der Waals surface area contributed by atoms with E-state index in [2.05, 4.69) is 41.6 Å². The van der Waals surface area contributed by atoms with Crippen molar-refractivity contribution in [1.29, 1.82) is 0 Å². The minimum Gasteiger partial charge on any atom is -0.351 e. The fourth-order valence-electron chi connectivity index (χ4n) is 2.20. The number of carbonyl (C=O) groups excluding carboxylic acids is 1. The number of hydrogen-bond acceptors (Lipinski definition) is 4. The Hall–Kier alpha value is -2.40. The molecule has 0 radical (unpaired) electrons. The molecule has 0 aliphatic heterocycles. The SMILES string of the molecule is CC(C)c1ccc(Nc2ccc(C(=O)NCCN(C)C)cn2)cc1. The van der Waals surface area contributed by atoms with Gasteiger partial charge in [0.05, 0.1) is 5.56 Å². The van der Waals surface area contributed by atoms with Crippen molar-refractivity contribution in [1.82, 2.24) is 15.2 Å². The predicted octanol–water partition coefficient (Wildman–Crippen LogP) is 3.24. The Morgan fingerprint density at radius 2 is 1.83 bits per heavy atom. The number of anilines is 2.